The van der Waals surface area contributed by atoms with Gasteiger partial charge in [-0.15, -0.1) is 0 Å². The molecule has 4 unspecified atom stereocenters. The normalized spacial score (nSPS) is 14.9. The van der Waals surface area contributed by atoms with Crippen molar-refractivity contribution < 1.29 is 29.1 Å². The van der Waals surface area contributed by atoms with Gasteiger partial charge in [0.1, 0.15) is 18.1 Å². The lowest BCUT2D eigenvalue weighted by molar-refractivity contribution is -0.143. The maximum atomic E-state index is 12.7. The number of carbonyl (C=O) groups is 5. The molecular weight excluding hydrogens is 414 g/mol. The van der Waals surface area contributed by atoms with Crippen molar-refractivity contribution in [2.75, 3.05) is 12.0 Å². The Morgan fingerprint density at radius 1 is 0.900 bits per heavy atom. The molecule has 0 rings (SSSR count). The number of thioether (sulfide) groups is 1. The molecule has 0 fully saturated rings. The highest BCUT2D eigenvalue weighted by molar-refractivity contribution is 7.98. The van der Waals surface area contributed by atoms with Gasteiger partial charge in [-0.2, -0.15) is 11.8 Å². The van der Waals surface area contributed by atoms with Gasteiger partial charge < -0.3 is 32.5 Å². The molecule has 4 amide bonds. The highest BCUT2D eigenvalue weighted by Crippen LogP contribution is 2.08. The summed E-state index contributed by atoms with van der Waals surface area (Å²) >= 11 is 1.44. The van der Waals surface area contributed by atoms with E-state index in [0.29, 0.717) is 5.75 Å². The van der Waals surface area contributed by atoms with Crippen LogP contribution in [0.2, 0.25) is 0 Å². The van der Waals surface area contributed by atoms with Crippen molar-refractivity contribution in [3.05, 3.63) is 0 Å². The number of primary amides is 1. The first-order valence-corrected chi connectivity index (χ1v) is 10.9. The molecule has 0 heterocycles. The molecule has 8 N–H and O–H groups in total. The summed E-state index contributed by atoms with van der Waals surface area (Å²) in [6, 6.07) is -4.39. The Kier molecular flexibility index (Phi) is 12.7. The van der Waals surface area contributed by atoms with Crippen LogP contribution >= 0.6 is 11.8 Å². The van der Waals surface area contributed by atoms with Crippen LogP contribution < -0.4 is 27.4 Å². The number of carboxylic acid groups (broad SMARTS) is 1. The van der Waals surface area contributed by atoms with Crippen LogP contribution in [0.5, 0.6) is 0 Å². The molecule has 11 nitrogen and oxygen atoms in total. The largest absolute Gasteiger partial charge is 0.480 e. The summed E-state index contributed by atoms with van der Waals surface area (Å²) in [7, 11) is 0. The fraction of sp³-hybridized carbons (Fsp3) is 0.722. The fourth-order valence-electron chi connectivity index (χ4n) is 2.46. The Morgan fingerprint density at radius 2 is 1.40 bits per heavy atom. The van der Waals surface area contributed by atoms with E-state index in [2.05, 4.69) is 16.0 Å². The molecule has 12 heteroatoms. The first-order valence-electron chi connectivity index (χ1n) is 9.55. The van der Waals surface area contributed by atoms with E-state index in [9.17, 15) is 29.1 Å². The second-order valence-corrected chi connectivity index (χ2v) is 8.38. The van der Waals surface area contributed by atoms with Gasteiger partial charge in [-0.1, -0.05) is 13.8 Å². The van der Waals surface area contributed by atoms with Crippen LogP contribution in [0.1, 0.15) is 40.0 Å². The molecule has 30 heavy (non-hydrogen) atoms. The molecular formula is C18H33N5O6S. The lowest BCUT2D eigenvalue weighted by Gasteiger charge is -2.25. The number of carbonyl (C=O) groups excluding carboxylic acids is 4. The third-order valence-corrected chi connectivity index (χ3v) is 4.66. The predicted octanol–water partition coefficient (Wildman–Crippen LogP) is -1.45. The predicted molar refractivity (Wildman–Crippen MR) is 113 cm³/mol. The van der Waals surface area contributed by atoms with Gasteiger partial charge in [0, 0.05) is 0 Å². The number of nitrogens with two attached hydrogens (primary N) is 2. The topological polar surface area (TPSA) is 194 Å². The average Bonchev–Trinajstić information content (AvgIpc) is 2.62. The van der Waals surface area contributed by atoms with Crippen LogP contribution in [-0.2, 0) is 24.0 Å². The van der Waals surface area contributed by atoms with Crippen molar-refractivity contribution in [3.63, 3.8) is 0 Å². The minimum absolute atomic E-state index is 0.0269. The van der Waals surface area contributed by atoms with Crippen molar-refractivity contribution in [3.8, 4) is 0 Å². The second-order valence-electron chi connectivity index (χ2n) is 7.39. The lowest BCUT2D eigenvalue weighted by atomic mass is 10.0. The van der Waals surface area contributed by atoms with Gasteiger partial charge in [0.15, 0.2) is 0 Å². The zero-order chi connectivity index (χ0) is 23.4. The summed E-state index contributed by atoms with van der Waals surface area (Å²) < 4.78 is 0. The first-order chi connectivity index (χ1) is 13.9. The van der Waals surface area contributed by atoms with Gasteiger partial charge in [0.2, 0.25) is 23.6 Å². The van der Waals surface area contributed by atoms with Crippen LogP contribution in [0.15, 0.2) is 0 Å². The van der Waals surface area contributed by atoms with Crippen molar-refractivity contribution in [1.29, 1.82) is 0 Å². The van der Waals surface area contributed by atoms with Gasteiger partial charge in [-0.25, -0.2) is 4.79 Å². The zero-order valence-electron chi connectivity index (χ0n) is 17.8. The fourth-order valence-corrected chi connectivity index (χ4v) is 2.93. The maximum Gasteiger partial charge on any atom is 0.326 e. The molecule has 172 valence electrons. The Labute approximate surface area is 180 Å². The summed E-state index contributed by atoms with van der Waals surface area (Å²) in [5.41, 5.74) is 10.6. The molecule has 0 aliphatic rings. The third-order valence-electron chi connectivity index (χ3n) is 4.02. The van der Waals surface area contributed by atoms with E-state index < -0.39 is 60.2 Å². The number of carboxylic acids is 1. The number of hydrogen-bond donors (Lipinski definition) is 6. The van der Waals surface area contributed by atoms with E-state index in [1.807, 2.05) is 20.1 Å². The maximum absolute atomic E-state index is 12.7. The number of amides is 4. The molecule has 0 saturated heterocycles. The SMILES string of the molecule is CSCCC(NC(=O)C(CC(N)=O)NC(=O)C(C)N)C(=O)NC(CC(C)C)C(=O)O. The number of nitrogens with one attached hydrogen (secondary N) is 3. The molecule has 0 aromatic heterocycles. The standard InChI is InChI=1S/C18H33N5O6S/c1-9(2)7-13(18(28)29)23-16(26)11(5-6-30-4)21-17(27)12(8-14(20)24)22-15(25)10(3)19/h9-13H,5-8,19H2,1-4H3,(H2,20,24)(H,21,27)(H,22,25)(H,23,26)(H,28,29). The Hall–Kier alpha value is -2.34. The Balaban J connectivity index is 5.39. The zero-order valence-corrected chi connectivity index (χ0v) is 18.6. The van der Waals surface area contributed by atoms with Crippen molar-refractivity contribution in [2.24, 2.45) is 17.4 Å². The summed E-state index contributed by atoms with van der Waals surface area (Å²) in [5, 5.41) is 16.6. The van der Waals surface area contributed by atoms with E-state index in [1.54, 1.807) is 0 Å². The molecule has 0 radical (unpaired) electrons. The molecule has 0 aromatic rings. The smallest absolute Gasteiger partial charge is 0.326 e. The number of aliphatic carboxylic acids is 1. The molecule has 0 aliphatic heterocycles. The molecule has 0 aromatic carbocycles. The van der Waals surface area contributed by atoms with Gasteiger partial charge >= 0.3 is 5.97 Å². The Bertz CT molecular complexity index is 628. The van der Waals surface area contributed by atoms with Crippen LogP contribution in [-0.4, -0.2) is 70.9 Å². The molecule has 0 saturated carbocycles. The summed E-state index contributed by atoms with van der Waals surface area (Å²) in [4.78, 5) is 59.9. The molecule has 0 spiro atoms. The van der Waals surface area contributed by atoms with Crippen molar-refractivity contribution >= 4 is 41.4 Å². The van der Waals surface area contributed by atoms with Crippen molar-refractivity contribution in [2.45, 2.75) is 64.2 Å². The van der Waals surface area contributed by atoms with Gasteiger partial charge in [0.25, 0.3) is 0 Å². The van der Waals surface area contributed by atoms with Gasteiger partial charge in [-0.3, -0.25) is 19.2 Å². The minimum atomic E-state index is -1.31. The van der Waals surface area contributed by atoms with E-state index in [0.717, 1.165) is 0 Å². The van der Waals surface area contributed by atoms with Crippen molar-refractivity contribution in [1.82, 2.24) is 16.0 Å². The quantitative estimate of drug-likeness (QED) is 0.186. The second kappa shape index (κ2) is 13.8. The number of hydrogen-bond acceptors (Lipinski definition) is 7. The average molecular weight is 448 g/mol. The lowest BCUT2D eigenvalue weighted by Crippen LogP contribution is -2.57. The molecule has 0 bridgehead atoms. The monoisotopic (exact) mass is 447 g/mol. The summed E-state index contributed by atoms with van der Waals surface area (Å²) in [5.74, 6) is -3.59. The highest BCUT2D eigenvalue weighted by Gasteiger charge is 2.30. The van der Waals surface area contributed by atoms with Crippen LogP contribution in [0.3, 0.4) is 0 Å². The highest BCUT2D eigenvalue weighted by atomic mass is 32.2. The number of rotatable bonds is 14. The Morgan fingerprint density at radius 3 is 1.83 bits per heavy atom. The third kappa shape index (κ3) is 11.0. The van der Waals surface area contributed by atoms with E-state index in [-0.39, 0.29) is 18.8 Å². The van der Waals surface area contributed by atoms with Crippen LogP contribution in [0, 0.1) is 5.92 Å². The molecule has 4 atom stereocenters. The van der Waals surface area contributed by atoms with Crippen LogP contribution in [0.4, 0.5) is 0 Å². The first kappa shape index (κ1) is 27.7. The minimum Gasteiger partial charge on any atom is -0.480 e. The van der Waals surface area contributed by atoms with E-state index >= 15 is 0 Å². The van der Waals surface area contributed by atoms with Crippen LogP contribution in [0.25, 0.3) is 0 Å². The van der Waals surface area contributed by atoms with Gasteiger partial charge in [-0.05, 0) is 37.7 Å². The van der Waals surface area contributed by atoms with E-state index in [1.165, 1.54) is 18.7 Å². The van der Waals surface area contributed by atoms with Gasteiger partial charge in [0.05, 0.1) is 12.5 Å². The summed E-state index contributed by atoms with van der Waals surface area (Å²) in [6.45, 7) is 5.05. The van der Waals surface area contributed by atoms with E-state index in [4.69, 9.17) is 11.5 Å². The summed E-state index contributed by atoms with van der Waals surface area (Å²) in [6.07, 6.45) is 1.77. The molecule has 0 aliphatic carbocycles.